The van der Waals surface area contributed by atoms with Gasteiger partial charge in [-0.15, -0.1) is 0 Å². The highest BCUT2D eigenvalue weighted by molar-refractivity contribution is 6.04. The third kappa shape index (κ3) is 3.51. The summed E-state index contributed by atoms with van der Waals surface area (Å²) in [5, 5.41) is 12.4. The summed E-state index contributed by atoms with van der Waals surface area (Å²) in [5.41, 5.74) is 1.94. The standard InChI is InChI=1S/C23H21FN2O6/c1-30-17-8-12(9-18(31-2)22(17)32-3)15-10-19(27)25-20-16(23(28)29)11-26(21(15)20)14-6-4-13(24)5-7-14/h4-9,11,15H,10H2,1-3H3,(H,25,27)(H,28,29). The average Bonchev–Trinajstić information content (AvgIpc) is 3.17. The van der Waals surface area contributed by atoms with Gasteiger partial charge < -0.3 is 29.2 Å². The van der Waals surface area contributed by atoms with E-state index in [4.69, 9.17) is 14.2 Å². The second-order valence-corrected chi connectivity index (χ2v) is 7.22. The van der Waals surface area contributed by atoms with E-state index >= 15 is 0 Å². The van der Waals surface area contributed by atoms with Gasteiger partial charge in [0, 0.05) is 24.2 Å². The molecule has 8 nitrogen and oxygen atoms in total. The predicted octanol–water partition coefficient (Wildman–Crippen LogP) is 3.81. The Balaban J connectivity index is 1.97. The number of rotatable bonds is 6. The molecule has 0 aliphatic carbocycles. The first kappa shape index (κ1) is 21.2. The normalized spacial score (nSPS) is 15.0. The lowest BCUT2D eigenvalue weighted by atomic mass is 9.87. The number of carboxylic acids is 1. The van der Waals surface area contributed by atoms with Crippen molar-refractivity contribution in [2.24, 2.45) is 0 Å². The van der Waals surface area contributed by atoms with Crippen LogP contribution in [0.3, 0.4) is 0 Å². The molecule has 166 valence electrons. The van der Waals surface area contributed by atoms with Gasteiger partial charge in [0.05, 0.1) is 32.7 Å². The predicted molar refractivity (Wildman–Crippen MR) is 114 cm³/mol. The molecular weight excluding hydrogens is 419 g/mol. The lowest BCUT2D eigenvalue weighted by Crippen LogP contribution is -2.25. The van der Waals surface area contributed by atoms with Gasteiger partial charge in [0.2, 0.25) is 11.7 Å². The molecule has 1 aliphatic heterocycles. The fourth-order valence-corrected chi connectivity index (χ4v) is 4.02. The lowest BCUT2D eigenvalue weighted by Gasteiger charge is -2.27. The molecule has 2 heterocycles. The van der Waals surface area contributed by atoms with Crippen LogP contribution in [0.5, 0.6) is 17.2 Å². The summed E-state index contributed by atoms with van der Waals surface area (Å²) in [6, 6.07) is 9.14. The molecule has 2 N–H and O–H groups in total. The first-order chi connectivity index (χ1) is 15.4. The van der Waals surface area contributed by atoms with Crippen LogP contribution in [0.25, 0.3) is 5.69 Å². The van der Waals surface area contributed by atoms with Crippen LogP contribution in [-0.4, -0.2) is 42.9 Å². The zero-order chi connectivity index (χ0) is 23.0. The molecule has 0 bridgehead atoms. The van der Waals surface area contributed by atoms with Gasteiger partial charge in [0.15, 0.2) is 11.5 Å². The van der Waals surface area contributed by atoms with Crippen molar-refractivity contribution < 1.29 is 33.3 Å². The summed E-state index contributed by atoms with van der Waals surface area (Å²) in [6.45, 7) is 0. The van der Waals surface area contributed by atoms with Crippen molar-refractivity contribution in [2.75, 3.05) is 26.6 Å². The van der Waals surface area contributed by atoms with Gasteiger partial charge >= 0.3 is 5.97 Å². The summed E-state index contributed by atoms with van der Waals surface area (Å²) < 4.78 is 31.4. The summed E-state index contributed by atoms with van der Waals surface area (Å²) in [7, 11) is 4.47. The highest BCUT2D eigenvalue weighted by Crippen LogP contribution is 2.46. The van der Waals surface area contributed by atoms with Crippen molar-refractivity contribution in [3.8, 4) is 22.9 Å². The number of aromatic carboxylic acids is 1. The second-order valence-electron chi connectivity index (χ2n) is 7.22. The fourth-order valence-electron chi connectivity index (χ4n) is 4.02. The molecule has 2 aromatic carbocycles. The van der Waals surface area contributed by atoms with Crippen molar-refractivity contribution in [1.29, 1.82) is 0 Å². The molecule has 0 spiro atoms. The van der Waals surface area contributed by atoms with Gasteiger partial charge in [0.25, 0.3) is 0 Å². The molecule has 1 atom stereocenters. The molecule has 0 saturated carbocycles. The number of anilines is 1. The number of nitrogens with zero attached hydrogens (tertiary/aromatic N) is 1. The largest absolute Gasteiger partial charge is 0.493 e. The maximum absolute atomic E-state index is 13.5. The number of carboxylic acid groups (broad SMARTS) is 1. The average molecular weight is 440 g/mol. The molecule has 9 heteroatoms. The molecule has 0 saturated heterocycles. The van der Waals surface area contributed by atoms with E-state index in [2.05, 4.69) is 5.32 Å². The molecule has 32 heavy (non-hydrogen) atoms. The number of halogens is 1. The van der Waals surface area contributed by atoms with E-state index in [1.807, 2.05) is 0 Å². The molecule has 1 unspecified atom stereocenters. The summed E-state index contributed by atoms with van der Waals surface area (Å²) in [5.74, 6) is -1.23. The number of fused-ring (bicyclic) bond motifs is 1. The van der Waals surface area contributed by atoms with E-state index in [0.29, 0.717) is 34.2 Å². The number of carbonyl (C=O) groups is 2. The van der Waals surface area contributed by atoms with Crippen molar-refractivity contribution in [2.45, 2.75) is 12.3 Å². The SMILES string of the molecule is COc1cc(C2CC(=O)Nc3c(C(=O)O)cn(-c4ccc(F)cc4)c32)cc(OC)c1OC. The number of hydrogen-bond donors (Lipinski definition) is 2. The van der Waals surface area contributed by atoms with E-state index in [0.717, 1.165) is 0 Å². The van der Waals surface area contributed by atoms with Crippen molar-refractivity contribution in [1.82, 2.24) is 4.57 Å². The van der Waals surface area contributed by atoms with E-state index in [-0.39, 0.29) is 23.6 Å². The monoisotopic (exact) mass is 440 g/mol. The Bertz CT molecular complexity index is 1180. The lowest BCUT2D eigenvalue weighted by molar-refractivity contribution is -0.116. The quantitative estimate of drug-likeness (QED) is 0.605. The van der Waals surface area contributed by atoms with Gasteiger partial charge in [-0.3, -0.25) is 4.79 Å². The van der Waals surface area contributed by atoms with Crippen LogP contribution in [0, 0.1) is 5.82 Å². The summed E-state index contributed by atoms with van der Waals surface area (Å²) in [6.07, 6.45) is 1.49. The van der Waals surface area contributed by atoms with Gasteiger partial charge in [-0.2, -0.15) is 0 Å². The molecule has 1 aromatic heterocycles. The van der Waals surface area contributed by atoms with Crippen LogP contribution in [0.4, 0.5) is 10.1 Å². The number of ether oxygens (including phenoxy) is 3. The zero-order valence-corrected chi connectivity index (χ0v) is 17.6. The Hall–Kier alpha value is -4.01. The topological polar surface area (TPSA) is 99.0 Å². The minimum Gasteiger partial charge on any atom is -0.493 e. The Morgan fingerprint density at radius 1 is 1.09 bits per heavy atom. The number of nitrogens with one attached hydrogen (secondary N) is 1. The zero-order valence-electron chi connectivity index (χ0n) is 17.6. The van der Waals surface area contributed by atoms with Crippen LogP contribution in [0.15, 0.2) is 42.6 Å². The number of aromatic nitrogens is 1. The van der Waals surface area contributed by atoms with Crippen LogP contribution >= 0.6 is 0 Å². The van der Waals surface area contributed by atoms with Crippen molar-refractivity contribution in [3.05, 3.63) is 65.2 Å². The van der Waals surface area contributed by atoms with Crippen LogP contribution in [-0.2, 0) is 4.79 Å². The second kappa shape index (κ2) is 8.26. The molecular formula is C23H21FN2O6. The van der Waals surface area contributed by atoms with E-state index < -0.39 is 17.7 Å². The first-order valence-corrected chi connectivity index (χ1v) is 9.72. The fraction of sp³-hybridized carbons (Fsp3) is 0.217. The summed E-state index contributed by atoms with van der Waals surface area (Å²) >= 11 is 0. The first-order valence-electron chi connectivity index (χ1n) is 9.72. The van der Waals surface area contributed by atoms with E-state index in [9.17, 15) is 19.1 Å². The van der Waals surface area contributed by atoms with Gasteiger partial charge in [-0.25, -0.2) is 9.18 Å². The Kier molecular flexibility index (Phi) is 5.48. The molecule has 0 fully saturated rings. The molecule has 0 radical (unpaired) electrons. The van der Waals surface area contributed by atoms with Crippen LogP contribution in [0.1, 0.15) is 34.0 Å². The third-order valence-electron chi connectivity index (χ3n) is 5.45. The molecule has 3 aromatic rings. The highest BCUT2D eigenvalue weighted by Gasteiger charge is 2.35. The smallest absolute Gasteiger partial charge is 0.339 e. The van der Waals surface area contributed by atoms with Crippen LogP contribution in [0.2, 0.25) is 0 Å². The van der Waals surface area contributed by atoms with Crippen molar-refractivity contribution >= 4 is 17.6 Å². The minimum absolute atomic E-state index is 0.0604. The summed E-state index contributed by atoms with van der Waals surface area (Å²) in [4.78, 5) is 24.5. The van der Waals surface area contributed by atoms with Crippen LogP contribution < -0.4 is 19.5 Å². The number of carbonyl (C=O) groups excluding carboxylic acids is 1. The van der Waals surface area contributed by atoms with Crippen molar-refractivity contribution in [3.63, 3.8) is 0 Å². The van der Waals surface area contributed by atoms with Gasteiger partial charge in [0.1, 0.15) is 11.4 Å². The number of benzene rings is 2. The van der Waals surface area contributed by atoms with E-state index in [1.54, 1.807) is 28.8 Å². The number of amides is 1. The molecule has 1 amide bonds. The molecule has 1 aliphatic rings. The Morgan fingerprint density at radius 3 is 2.25 bits per heavy atom. The Morgan fingerprint density at radius 2 is 1.72 bits per heavy atom. The Labute approximate surface area is 183 Å². The maximum Gasteiger partial charge on any atom is 0.339 e. The molecule has 4 rings (SSSR count). The number of methoxy groups -OCH3 is 3. The highest BCUT2D eigenvalue weighted by atomic mass is 19.1. The van der Waals surface area contributed by atoms with Gasteiger partial charge in [-0.05, 0) is 42.0 Å². The maximum atomic E-state index is 13.5. The van der Waals surface area contributed by atoms with E-state index in [1.165, 1.54) is 39.7 Å². The van der Waals surface area contributed by atoms with Gasteiger partial charge in [-0.1, -0.05) is 0 Å². The minimum atomic E-state index is -1.19. The third-order valence-corrected chi connectivity index (χ3v) is 5.45. The number of hydrogen-bond acceptors (Lipinski definition) is 5.